The van der Waals surface area contributed by atoms with Gasteiger partial charge in [0, 0.05) is 37.2 Å². The van der Waals surface area contributed by atoms with Gasteiger partial charge >= 0.3 is 6.03 Å². The molecule has 0 radical (unpaired) electrons. The lowest BCUT2D eigenvalue weighted by Crippen LogP contribution is -2.48. The van der Waals surface area contributed by atoms with Crippen molar-refractivity contribution in [3.63, 3.8) is 0 Å². The van der Waals surface area contributed by atoms with E-state index in [0.717, 1.165) is 51.3 Å². The fourth-order valence-electron chi connectivity index (χ4n) is 2.59. The fourth-order valence-corrected chi connectivity index (χ4v) is 3.89. The average Bonchev–Trinajstić information content (AvgIpc) is 2.92. The van der Waals surface area contributed by atoms with Gasteiger partial charge in [-0.15, -0.1) is 0 Å². The van der Waals surface area contributed by atoms with E-state index in [1.54, 1.807) is 0 Å². The Labute approximate surface area is 120 Å². The summed E-state index contributed by atoms with van der Waals surface area (Å²) in [5, 5.41) is 3.62. The molecule has 2 amide bonds. The summed E-state index contributed by atoms with van der Waals surface area (Å²) in [6.07, 6.45) is 3.62. The minimum absolute atomic E-state index is 0.101. The van der Waals surface area contributed by atoms with Crippen LogP contribution >= 0.6 is 11.8 Å². The largest absolute Gasteiger partial charge is 0.378 e. The molecule has 2 heterocycles. The third kappa shape index (κ3) is 4.56. The molecule has 1 N–H and O–H groups in total. The van der Waals surface area contributed by atoms with Crippen LogP contribution in [0.1, 0.15) is 33.1 Å². The third-order valence-electron chi connectivity index (χ3n) is 3.89. The highest BCUT2D eigenvalue weighted by Gasteiger charge is 2.26. The standard InChI is InChI=1S/C14H26N2O2S/c1-11(2)13-10-16(7-9-19-13)14(17)15-6-5-12-4-3-8-18-12/h11-13H,3-10H2,1-2H3,(H,15,17)/t12-,13-/m1/s1. The molecule has 0 unspecified atom stereocenters. The van der Waals surface area contributed by atoms with E-state index in [-0.39, 0.29) is 6.03 Å². The zero-order valence-electron chi connectivity index (χ0n) is 12.1. The smallest absolute Gasteiger partial charge is 0.317 e. The Balaban J connectivity index is 1.67. The van der Waals surface area contributed by atoms with Gasteiger partial charge in [0.05, 0.1) is 6.10 Å². The van der Waals surface area contributed by atoms with Crippen LogP contribution < -0.4 is 5.32 Å². The van der Waals surface area contributed by atoms with Crippen molar-refractivity contribution in [3.05, 3.63) is 0 Å². The van der Waals surface area contributed by atoms with Gasteiger partial charge in [0.1, 0.15) is 0 Å². The van der Waals surface area contributed by atoms with Crippen LogP contribution in [-0.4, -0.2) is 54.3 Å². The van der Waals surface area contributed by atoms with Crippen molar-refractivity contribution in [1.82, 2.24) is 10.2 Å². The molecular formula is C14H26N2O2S. The molecule has 4 nitrogen and oxygen atoms in total. The molecule has 0 bridgehead atoms. The summed E-state index contributed by atoms with van der Waals surface area (Å²) in [6, 6.07) is 0.101. The van der Waals surface area contributed by atoms with Gasteiger partial charge in [0.2, 0.25) is 0 Å². The van der Waals surface area contributed by atoms with E-state index in [1.165, 1.54) is 0 Å². The highest BCUT2D eigenvalue weighted by Crippen LogP contribution is 2.24. The Kier molecular flexibility index (Phi) is 5.82. The Morgan fingerprint density at radius 1 is 1.53 bits per heavy atom. The second kappa shape index (κ2) is 7.39. The van der Waals surface area contributed by atoms with E-state index >= 15 is 0 Å². The first kappa shape index (κ1) is 15.0. The Morgan fingerprint density at radius 3 is 3.05 bits per heavy atom. The molecule has 2 aliphatic rings. The normalized spacial score (nSPS) is 27.8. The molecule has 0 aromatic rings. The van der Waals surface area contributed by atoms with Crippen molar-refractivity contribution in [1.29, 1.82) is 0 Å². The van der Waals surface area contributed by atoms with Crippen molar-refractivity contribution in [2.45, 2.75) is 44.5 Å². The van der Waals surface area contributed by atoms with Crippen LogP contribution in [0, 0.1) is 5.92 Å². The van der Waals surface area contributed by atoms with Gasteiger partial charge in [-0.25, -0.2) is 4.79 Å². The number of nitrogens with one attached hydrogen (secondary N) is 1. The van der Waals surface area contributed by atoms with Crippen LogP contribution in [0.5, 0.6) is 0 Å². The first-order valence-electron chi connectivity index (χ1n) is 7.43. The number of urea groups is 1. The van der Waals surface area contributed by atoms with E-state index in [1.807, 2.05) is 16.7 Å². The molecule has 110 valence electrons. The molecule has 2 rings (SSSR count). The number of hydrogen-bond acceptors (Lipinski definition) is 3. The number of amides is 2. The molecular weight excluding hydrogens is 260 g/mol. The summed E-state index contributed by atoms with van der Waals surface area (Å²) in [6.45, 7) is 7.85. The zero-order chi connectivity index (χ0) is 13.7. The van der Waals surface area contributed by atoms with Gasteiger partial charge in [0.15, 0.2) is 0 Å². The lowest BCUT2D eigenvalue weighted by molar-refractivity contribution is 0.104. The molecule has 5 heteroatoms. The summed E-state index contributed by atoms with van der Waals surface area (Å²) in [5.41, 5.74) is 0. The Hall–Kier alpha value is -0.420. The lowest BCUT2D eigenvalue weighted by Gasteiger charge is -2.34. The van der Waals surface area contributed by atoms with Gasteiger partial charge in [0.25, 0.3) is 0 Å². The summed E-state index contributed by atoms with van der Waals surface area (Å²) >= 11 is 2.00. The third-order valence-corrected chi connectivity index (χ3v) is 5.43. The summed E-state index contributed by atoms with van der Waals surface area (Å²) in [5.74, 6) is 1.69. The second-order valence-electron chi connectivity index (χ2n) is 5.75. The molecule has 0 aromatic heterocycles. The highest BCUT2D eigenvalue weighted by atomic mass is 32.2. The van der Waals surface area contributed by atoms with Crippen LogP contribution in [-0.2, 0) is 4.74 Å². The minimum Gasteiger partial charge on any atom is -0.378 e. The number of hydrogen-bond donors (Lipinski definition) is 1. The van der Waals surface area contributed by atoms with Crippen LogP contribution in [0.25, 0.3) is 0 Å². The topological polar surface area (TPSA) is 41.6 Å². The van der Waals surface area contributed by atoms with E-state index in [4.69, 9.17) is 4.74 Å². The lowest BCUT2D eigenvalue weighted by atomic mass is 10.1. The second-order valence-corrected chi connectivity index (χ2v) is 7.10. The maximum atomic E-state index is 12.1. The zero-order valence-corrected chi connectivity index (χ0v) is 12.9. The Morgan fingerprint density at radius 2 is 2.37 bits per heavy atom. The number of carbonyl (C=O) groups is 1. The number of thioether (sulfide) groups is 1. The number of rotatable bonds is 4. The van der Waals surface area contributed by atoms with E-state index < -0.39 is 0 Å². The molecule has 2 saturated heterocycles. The van der Waals surface area contributed by atoms with Crippen molar-refractivity contribution in [2.75, 3.05) is 32.0 Å². The van der Waals surface area contributed by atoms with Gasteiger partial charge in [-0.2, -0.15) is 11.8 Å². The fraction of sp³-hybridized carbons (Fsp3) is 0.929. The monoisotopic (exact) mass is 286 g/mol. The molecule has 2 fully saturated rings. The van der Waals surface area contributed by atoms with Gasteiger partial charge < -0.3 is 15.0 Å². The summed E-state index contributed by atoms with van der Waals surface area (Å²) in [7, 11) is 0. The molecule has 0 saturated carbocycles. The molecule has 19 heavy (non-hydrogen) atoms. The first-order chi connectivity index (χ1) is 9.16. The number of ether oxygens (including phenoxy) is 1. The molecule has 2 atom stereocenters. The molecule has 0 aromatic carbocycles. The van der Waals surface area contributed by atoms with Crippen molar-refractivity contribution in [2.24, 2.45) is 5.92 Å². The first-order valence-corrected chi connectivity index (χ1v) is 8.47. The van der Waals surface area contributed by atoms with E-state index in [2.05, 4.69) is 19.2 Å². The minimum atomic E-state index is 0.101. The van der Waals surface area contributed by atoms with E-state index in [9.17, 15) is 4.79 Å². The molecule has 0 spiro atoms. The van der Waals surface area contributed by atoms with E-state index in [0.29, 0.717) is 17.3 Å². The van der Waals surface area contributed by atoms with Crippen molar-refractivity contribution in [3.8, 4) is 0 Å². The quantitative estimate of drug-likeness (QED) is 0.862. The Bertz CT molecular complexity index is 293. The van der Waals surface area contributed by atoms with Gasteiger partial charge in [-0.1, -0.05) is 13.8 Å². The van der Waals surface area contributed by atoms with Crippen molar-refractivity contribution < 1.29 is 9.53 Å². The van der Waals surface area contributed by atoms with Crippen LogP contribution in [0.4, 0.5) is 4.79 Å². The summed E-state index contributed by atoms with van der Waals surface area (Å²) in [4.78, 5) is 14.1. The molecule has 2 aliphatic heterocycles. The van der Waals surface area contributed by atoms with Crippen LogP contribution in [0.2, 0.25) is 0 Å². The molecule has 0 aliphatic carbocycles. The van der Waals surface area contributed by atoms with Crippen LogP contribution in [0.3, 0.4) is 0 Å². The highest BCUT2D eigenvalue weighted by molar-refractivity contribution is 8.00. The van der Waals surface area contributed by atoms with Crippen molar-refractivity contribution >= 4 is 17.8 Å². The van der Waals surface area contributed by atoms with Gasteiger partial charge in [-0.3, -0.25) is 0 Å². The average molecular weight is 286 g/mol. The number of carbonyl (C=O) groups excluding carboxylic acids is 1. The van der Waals surface area contributed by atoms with Gasteiger partial charge in [-0.05, 0) is 25.2 Å². The predicted molar refractivity (Wildman–Crippen MR) is 79.6 cm³/mol. The predicted octanol–water partition coefficient (Wildman–Crippen LogP) is 2.34. The summed E-state index contributed by atoms with van der Waals surface area (Å²) < 4.78 is 5.56. The van der Waals surface area contributed by atoms with Crippen LogP contribution in [0.15, 0.2) is 0 Å². The maximum absolute atomic E-state index is 12.1. The maximum Gasteiger partial charge on any atom is 0.317 e. The SMILES string of the molecule is CC(C)[C@H]1CN(C(=O)NCC[C@H]2CCCO2)CCS1. The number of nitrogens with zero attached hydrogens (tertiary/aromatic N) is 1.